The third-order valence-electron chi connectivity index (χ3n) is 3.82. The number of rotatable bonds is 6. The van der Waals surface area contributed by atoms with Crippen LogP contribution in [-0.2, 0) is 5.60 Å². The molecular weight excluding hydrogens is 366 g/mol. The standard InChI is InChI=1S/C19H24BrN3O/c1-6-23(5)13-21-17-12-16(20)18(22-14(17)2)24-19(3,4)15-10-8-7-9-11-15/h7-13H,6H2,1-5H3/b21-13+. The molecule has 0 bridgehead atoms. The second-order valence-corrected chi connectivity index (χ2v) is 7.03. The van der Waals surface area contributed by atoms with Crippen molar-refractivity contribution in [2.45, 2.75) is 33.3 Å². The zero-order valence-electron chi connectivity index (χ0n) is 14.9. The minimum Gasteiger partial charge on any atom is -0.466 e. The van der Waals surface area contributed by atoms with Crippen molar-refractivity contribution in [3.05, 3.63) is 52.1 Å². The van der Waals surface area contributed by atoms with Gasteiger partial charge in [-0.1, -0.05) is 30.3 Å². The van der Waals surface area contributed by atoms with Gasteiger partial charge in [-0.25, -0.2) is 9.98 Å². The van der Waals surface area contributed by atoms with Crippen molar-refractivity contribution in [2.75, 3.05) is 13.6 Å². The fourth-order valence-electron chi connectivity index (χ4n) is 2.13. The lowest BCUT2D eigenvalue weighted by molar-refractivity contribution is 0.101. The topological polar surface area (TPSA) is 37.7 Å². The predicted octanol–water partition coefficient (Wildman–Crippen LogP) is 5.08. The Bertz CT molecular complexity index is 714. The maximum absolute atomic E-state index is 6.18. The Kier molecular flexibility index (Phi) is 5.99. The van der Waals surface area contributed by atoms with Crippen LogP contribution in [0.15, 0.2) is 45.9 Å². The van der Waals surface area contributed by atoms with E-state index in [0.717, 1.165) is 28.0 Å². The summed E-state index contributed by atoms with van der Waals surface area (Å²) in [6.07, 6.45) is 1.81. The molecule has 0 aliphatic carbocycles. The number of nitrogens with zero attached hydrogens (tertiary/aromatic N) is 3. The molecule has 24 heavy (non-hydrogen) atoms. The Morgan fingerprint density at radius 2 is 1.96 bits per heavy atom. The van der Waals surface area contributed by atoms with Gasteiger partial charge in [0.25, 0.3) is 0 Å². The van der Waals surface area contributed by atoms with Gasteiger partial charge in [0.05, 0.1) is 22.2 Å². The van der Waals surface area contributed by atoms with Gasteiger partial charge in [0, 0.05) is 13.6 Å². The molecular formula is C19H24BrN3O. The Hall–Kier alpha value is -1.88. The molecule has 5 heteroatoms. The maximum Gasteiger partial charge on any atom is 0.229 e. The Morgan fingerprint density at radius 1 is 1.29 bits per heavy atom. The van der Waals surface area contributed by atoms with Crippen LogP contribution in [0.1, 0.15) is 32.0 Å². The van der Waals surface area contributed by atoms with Crippen LogP contribution in [0, 0.1) is 6.92 Å². The SMILES string of the molecule is CCN(C)/C=N/c1cc(Br)c(OC(C)(C)c2ccccc2)nc1C. The van der Waals surface area contributed by atoms with E-state index in [4.69, 9.17) is 4.74 Å². The number of pyridine rings is 1. The van der Waals surface area contributed by atoms with Crippen LogP contribution in [-0.4, -0.2) is 29.8 Å². The van der Waals surface area contributed by atoms with E-state index in [2.05, 4.69) is 45.0 Å². The Balaban J connectivity index is 2.26. The summed E-state index contributed by atoms with van der Waals surface area (Å²) in [6, 6.07) is 12.1. The van der Waals surface area contributed by atoms with E-state index in [1.54, 1.807) is 0 Å². The quantitative estimate of drug-likeness (QED) is 0.510. The van der Waals surface area contributed by atoms with E-state index >= 15 is 0 Å². The van der Waals surface area contributed by atoms with Gasteiger partial charge in [-0.3, -0.25) is 0 Å². The van der Waals surface area contributed by atoms with Crippen molar-refractivity contribution in [3.8, 4) is 5.88 Å². The summed E-state index contributed by atoms with van der Waals surface area (Å²) in [4.78, 5) is 11.1. The summed E-state index contributed by atoms with van der Waals surface area (Å²) < 4.78 is 6.98. The Labute approximate surface area is 152 Å². The van der Waals surface area contributed by atoms with Gasteiger partial charge < -0.3 is 9.64 Å². The van der Waals surface area contributed by atoms with E-state index in [1.165, 1.54) is 0 Å². The molecule has 2 rings (SSSR count). The highest BCUT2D eigenvalue weighted by atomic mass is 79.9. The molecule has 0 N–H and O–H groups in total. The smallest absolute Gasteiger partial charge is 0.229 e. The van der Waals surface area contributed by atoms with Gasteiger partial charge >= 0.3 is 0 Å². The molecule has 0 saturated carbocycles. The number of halogens is 1. The van der Waals surface area contributed by atoms with Gasteiger partial charge in [-0.05, 0) is 55.3 Å². The molecule has 2 aromatic rings. The average molecular weight is 390 g/mol. The molecule has 0 aliphatic rings. The molecule has 0 aliphatic heterocycles. The molecule has 1 aromatic carbocycles. The first-order valence-electron chi connectivity index (χ1n) is 7.99. The molecule has 0 spiro atoms. The lowest BCUT2D eigenvalue weighted by atomic mass is 9.98. The van der Waals surface area contributed by atoms with Crippen LogP contribution < -0.4 is 4.74 Å². The molecule has 1 heterocycles. The van der Waals surface area contributed by atoms with E-state index in [0.29, 0.717) is 5.88 Å². The van der Waals surface area contributed by atoms with Crippen LogP contribution >= 0.6 is 15.9 Å². The number of aromatic nitrogens is 1. The second-order valence-electron chi connectivity index (χ2n) is 6.18. The summed E-state index contributed by atoms with van der Waals surface area (Å²) in [5, 5.41) is 0. The molecule has 0 amide bonds. The van der Waals surface area contributed by atoms with Crippen LogP contribution in [0.4, 0.5) is 5.69 Å². The summed E-state index contributed by atoms with van der Waals surface area (Å²) in [5.41, 5.74) is 2.28. The lowest BCUT2D eigenvalue weighted by Gasteiger charge is -2.27. The molecule has 0 radical (unpaired) electrons. The number of ether oxygens (including phenoxy) is 1. The number of hydrogen-bond acceptors (Lipinski definition) is 3. The monoisotopic (exact) mass is 389 g/mol. The van der Waals surface area contributed by atoms with E-state index < -0.39 is 5.60 Å². The van der Waals surface area contributed by atoms with Crippen molar-refractivity contribution in [3.63, 3.8) is 0 Å². The van der Waals surface area contributed by atoms with Gasteiger partial charge in [-0.2, -0.15) is 0 Å². The van der Waals surface area contributed by atoms with Crippen molar-refractivity contribution in [1.29, 1.82) is 0 Å². The first kappa shape index (κ1) is 18.5. The first-order valence-corrected chi connectivity index (χ1v) is 8.79. The molecule has 0 saturated heterocycles. The third kappa shape index (κ3) is 4.57. The fourth-order valence-corrected chi connectivity index (χ4v) is 2.52. The normalized spacial score (nSPS) is 11.8. The minimum absolute atomic E-state index is 0.476. The molecule has 4 nitrogen and oxygen atoms in total. The lowest BCUT2D eigenvalue weighted by Crippen LogP contribution is -2.26. The highest BCUT2D eigenvalue weighted by Crippen LogP contribution is 2.34. The maximum atomic E-state index is 6.18. The van der Waals surface area contributed by atoms with Crippen molar-refractivity contribution in [2.24, 2.45) is 4.99 Å². The average Bonchev–Trinajstić information content (AvgIpc) is 2.57. The van der Waals surface area contributed by atoms with E-state index in [1.807, 2.05) is 63.3 Å². The zero-order chi connectivity index (χ0) is 17.7. The zero-order valence-corrected chi connectivity index (χ0v) is 16.5. The molecule has 0 atom stereocenters. The number of benzene rings is 1. The molecule has 0 unspecified atom stereocenters. The van der Waals surface area contributed by atoms with Gasteiger partial charge in [-0.15, -0.1) is 0 Å². The summed E-state index contributed by atoms with van der Waals surface area (Å²) in [6.45, 7) is 8.99. The summed E-state index contributed by atoms with van der Waals surface area (Å²) in [5.74, 6) is 0.573. The van der Waals surface area contributed by atoms with Crippen LogP contribution in [0.5, 0.6) is 5.88 Å². The second kappa shape index (κ2) is 7.79. The van der Waals surface area contributed by atoms with E-state index in [9.17, 15) is 0 Å². The fraction of sp³-hybridized carbons (Fsp3) is 0.368. The predicted molar refractivity (Wildman–Crippen MR) is 103 cm³/mol. The highest BCUT2D eigenvalue weighted by Gasteiger charge is 2.24. The van der Waals surface area contributed by atoms with Crippen molar-refractivity contribution >= 4 is 28.0 Å². The highest BCUT2D eigenvalue weighted by molar-refractivity contribution is 9.10. The summed E-state index contributed by atoms with van der Waals surface area (Å²) in [7, 11) is 1.99. The van der Waals surface area contributed by atoms with Crippen LogP contribution in [0.2, 0.25) is 0 Å². The van der Waals surface area contributed by atoms with Gasteiger partial charge in [0.2, 0.25) is 5.88 Å². The third-order valence-corrected chi connectivity index (χ3v) is 4.39. The van der Waals surface area contributed by atoms with Crippen LogP contribution in [0.3, 0.4) is 0 Å². The van der Waals surface area contributed by atoms with Crippen molar-refractivity contribution in [1.82, 2.24) is 9.88 Å². The Morgan fingerprint density at radius 3 is 2.58 bits per heavy atom. The number of hydrogen-bond donors (Lipinski definition) is 0. The van der Waals surface area contributed by atoms with E-state index in [-0.39, 0.29) is 0 Å². The molecule has 0 fully saturated rings. The van der Waals surface area contributed by atoms with Crippen molar-refractivity contribution < 1.29 is 4.74 Å². The minimum atomic E-state index is -0.476. The number of aryl methyl sites for hydroxylation is 1. The molecule has 128 valence electrons. The number of aliphatic imine (C=N–C) groups is 1. The summed E-state index contributed by atoms with van der Waals surface area (Å²) >= 11 is 3.56. The van der Waals surface area contributed by atoms with Gasteiger partial charge in [0.15, 0.2) is 0 Å². The van der Waals surface area contributed by atoms with Gasteiger partial charge in [0.1, 0.15) is 5.60 Å². The first-order chi connectivity index (χ1) is 11.3. The van der Waals surface area contributed by atoms with Crippen LogP contribution in [0.25, 0.3) is 0 Å². The largest absolute Gasteiger partial charge is 0.466 e. The molecule has 1 aromatic heterocycles.